The van der Waals surface area contributed by atoms with Crippen molar-refractivity contribution < 1.29 is 50.3 Å². The van der Waals surface area contributed by atoms with Crippen molar-refractivity contribution in [3.8, 4) is 11.1 Å². The quantitative estimate of drug-likeness (QED) is 0.281. The Balaban J connectivity index is 0.00000147. The molecule has 0 bridgehead atoms. The summed E-state index contributed by atoms with van der Waals surface area (Å²) in [6.45, 7) is 1.62. The summed E-state index contributed by atoms with van der Waals surface area (Å²) in [7, 11) is 0. The smallest absolute Gasteiger partial charge is 0.197 e. The standard InChI is InChI=1S/C15H9F4.Y/c1-7-6-8-4-2-3-5-9(8)11-10(7)12(16)14(18)15(19)13(11)17;/h2-7H,1H3;/q-1;. The summed E-state index contributed by atoms with van der Waals surface area (Å²) in [4.78, 5) is 0. The SMILES string of the molecule is CC1[CH-]c2ccccc2-c2c(F)c(F)c(F)c(F)c21.[Y]. The fourth-order valence-corrected chi connectivity index (χ4v) is 2.56. The third-order valence-electron chi connectivity index (χ3n) is 3.42. The molecule has 2 aromatic rings. The summed E-state index contributed by atoms with van der Waals surface area (Å²) in [6.07, 6.45) is 1.71. The molecule has 0 heterocycles. The first-order valence-electron chi connectivity index (χ1n) is 5.82. The minimum absolute atomic E-state index is 0. The van der Waals surface area contributed by atoms with Crippen molar-refractivity contribution in [2.45, 2.75) is 12.8 Å². The minimum Gasteiger partial charge on any atom is -0.204 e. The molecule has 1 radical (unpaired) electrons. The fourth-order valence-electron chi connectivity index (χ4n) is 2.56. The third kappa shape index (κ3) is 2.10. The molecular formula is C15H9F4Y-. The van der Waals surface area contributed by atoms with Gasteiger partial charge >= 0.3 is 0 Å². The molecule has 0 amide bonds. The van der Waals surface area contributed by atoms with Gasteiger partial charge in [-0.2, -0.15) is 18.1 Å². The van der Waals surface area contributed by atoms with Crippen LogP contribution in [0.3, 0.4) is 0 Å². The number of hydrogen-bond acceptors (Lipinski definition) is 0. The number of fused-ring (bicyclic) bond motifs is 3. The maximum atomic E-state index is 14.0. The number of halogens is 4. The topological polar surface area (TPSA) is 0 Å². The average molecular weight is 354 g/mol. The van der Waals surface area contributed by atoms with Gasteiger partial charge in [0.25, 0.3) is 0 Å². The molecule has 2 aromatic carbocycles. The first-order valence-corrected chi connectivity index (χ1v) is 5.82. The van der Waals surface area contributed by atoms with E-state index in [0.29, 0.717) is 11.1 Å². The Labute approximate surface area is 139 Å². The molecule has 0 aliphatic heterocycles. The van der Waals surface area contributed by atoms with E-state index in [1.807, 2.05) is 0 Å². The van der Waals surface area contributed by atoms with Crippen LogP contribution in [0.5, 0.6) is 0 Å². The number of rotatable bonds is 0. The summed E-state index contributed by atoms with van der Waals surface area (Å²) in [5.41, 5.74) is 0.759. The summed E-state index contributed by atoms with van der Waals surface area (Å²) in [5, 5.41) is 0. The van der Waals surface area contributed by atoms with Crippen molar-refractivity contribution in [1.82, 2.24) is 0 Å². The largest absolute Gasteiger partial charge is 0.204 e. The Bertz CT molecular complexity index is 682. The Morgan fingerprint density at radius 2 is 1.50 bits per heavy atom. The first-order chi connectivity index (χ1) is 9.02. The van der Waals surface area contributed by atoms with Crippen molar-refractivity contribution in [2.24, 2.45) is 0 Å². The minimum atomic E-state index is -1.76. The first kappa shape index (κ1) is 15.5. The van der Waals surface area contributed by atoms with Crippen LogP contribution in [-0.2, 0) is 32.7 Å². The van der Waals surface area contributed by atoms with Gasteiger partial charge in [0.1, 0.15) is 0 Å². The van der Waals surface area contributed by atoms with Crippen molar-refractivity contribution in [3.05, 3.63) is 65.1 Å². The Kier molecular flexibility index (Phi) is 4.26. The van der Waals surface area contributed by atoms with Crippen molar-refractivity contribution in [1.29, 1.82) is 0 Å². The van der Waals surface area contributed by atoms with Crippen LogP contribution in [0.1, 0.15) is 24.0 Å². The molecule has 1 aliphatic carbocycles. The van der Waals surface area contributed by atoms with E-state index in [0.717, 1.165) is 0 Å². The molecule has 0 fully saturated rings. The second-order valence-corrected chi connectivity index (χ2v) is 4.59. The fraction of sp³-hybridized carbons (Fsp3) is 0.133. The van der Waals surface area contributed by atoms with Crippen molar-refractivity contribution in [2.75, 3.05) is 0 Å². The van der Waals surface area contributed by atoms with E-state index in [1.165, 1.54) is 0 Å². The summed E-state index contributed by atoms with van der Waals surface area (Å²) < 4.78 is 54.6. The van der Waals surface area contributed by atoms with Gasteiger partial charge < -0.3 is 0 Å². The van der Waals surface area contributed by atoms with Crippen molar-refractivity contribution in [3.63, 3.8) is 0 Å². The van der Waals surface area contributed by atoms with Crippen LogP contribution < -0.4 is 0 Å². The van der Waals surface area contributed by atoms with E-state index in [1.54, 1.807) is 37.6 Å². The zero-order chi connectivity index (χ0) is 13.7. The van der Waals surface area contributed by atoms with Gasteiger partial charge in [-0.15, -0.1) is 17.7 Å². The predicted octanol–water partition coefficient (Wildman–Crippen LogP) is 4.58. The summed E-state index contributed by atoms with van der Waals surface area (Å²) in [6, 6.07) is 6.69. The normalized spacial score (nSPS) is 15.8. The van der Waals surface area contributed by atoms with Gasteiger partial charge in [0.15, 0.2) is 23.3 Å². The Morgan fingerprint density at radius 1 is 0.900 bits per heavy atom. The van der Waals surface area contributed by atoms with Crippen LogP contribution in [0.4, 0.5) is 17.6 Å². The molecule has 0 N–H and O–H groups in total. The van der Waals surface area contributed by atoms with Gasteiger partial charge in [-0.05, 0) is 17.0 Å². The molecule has 0 aromatic heterocycles. The van der Waals surface area contributed by atoms with Gasteiger partial charge in [-0.1, -0.05) is 13.0 Å². The molecule has 0 spiro atoms. The molecule has 0 saturated carbocycles. The van der Waals surface area contributed by atoms with Gasteiger partial charge in [0.2, 0.25) is 0 Å². The average Bonchev–Trinajstić information content (AvgIpc) is 2.41. The maximum absolute atomic E-state index is 14.0. The zero-order valence-electron chi connectivity index (χ0n) is 10.6. The summed E-state index contributed by atoms with van der Waals surface area (Å²) >= 11 is 0. The molecular weight excluding hydrogens is 345 g/mol. The van der Waals surface area contributed by atoms with E-state index >= 15 is 0 Å². The maximum Gasteiger partial charge on any atom is 0.197 e. The molecule has 20 heavy (non-hydrogen) atoms. The second-order valence-electron chi connectivity index (χ2n) is 4.59. The van der Waals surface area contributed by atoms with Gasteiger partial charge in [-0.25, -0.2) is 17.6 Å². The van der Waals surface area contributed by atoms with Gasteiger partial charge in [-0.3, -0.25) is 0 Å². The molecule has 0 saturated heterocycles. The van der Waals surface area contributed by atoms with E-state index in [9.17, 15) is 17.6 Å². The molecule has 101 valence electrons. The van der Waals surface area contributed by atoms with E-state index < -0.39 is 29.2 Å². The predicted molar refractivity (Wildman–Crippen MR) is 63.5 cm³/mol. The van der Waals surface area contributed by atoms with E-state index in [2.05, 4.69) is 0 Å². The molecule has 5 heteroatoms. The summed E-state index contributed by atoms with van der Waals surface area (Å²) in [5.74, 6) is -6.68. The zero-order valence-corrected chi connectivity index (χ0v) is 13.4. The van der Waals surface area contributed by atoms with Gasteiger partial charge in [0, 0.05) is 32.7 Å². The van der Waals surface area contributed by atoms with Gasteiger partial charge in [0.05, 0.1) is 0 Å². The van der Waals surface area contributed by atoms with Crippen LogP contribution in [0.2, 0.25) is 0 Å². The second kappa shape index (κ2) is 5.49. The number of benzene rings is 2. The van der Waals surface area contributed by atoms with Crippen LogP contribution in [0, 0.1) is 29.7 Å². The molecule has 1 aliphatic rings. The van der Waals surface area contributed by atoms with E-state index in [4.69, 9.17) is 0 Å². The molecule has 1 unspecified atom stereocenters. The molecule has 1 atom stereocenters. The van der Waals surface area contributed by atoms with Crippen LogP contribution in [0.25, 0.3) is 11.1 Å². The van der Waals surface area contributed by atoms with Crippen molar-refractivity contribution >= 4 is 0 Å². The van der Waals surface area contributed by atoms with Crippen LogP contribution >= 0.6 is 0 Å². The molecule has 0 nitrogen and oxygen atoms in total. The van der Waals surface area contributed by atoms with Crippen LogP contribution in [-0.4, -0.2) is 0 Å². The Morgan fingerprint density at radius 3 is 2.20 bits per heavy atom. The monoisotopic (exact) mass is 354 g/mol. The van der Waals surface area contributed by atoms with E-state index in [-0.39, 0.29) is 43.8 Å². The number of hydrogen-bond donors (Lipinski definition) is 0. The van der Waals surface area contributed by atoms with Crippen LogP contribution in [0.15, 0.2) is 24.3 Å². The third-order valence-corrected chi connectivity index (χ3v) is 3.42. The Hall–Kier alpha value is -0.866. The molecule has 3 rings (SSSR count).